The Morgan fingerprint density at radius 2 is 1.88 bits per heavy atom. The van der Waals surface area contributed by atoms with Gasteiger partial charge in [0.15, 0.2) is 0 Å². The number of thiol groups is 1. The summed E-state index contributed by atoms with van der Waals surface area (Å²) in [6, 6.07) is -2.08. The molecule has 0 aliphatic carbocycles. The summed E-state index contributed by atoms with van der Waals surface area (Å²) < 4.78 is 0. The van der Waals surface area contributed by atoms with Crippen LogP contribution in [0.3, 0.4) is 0 Å². The Morgan fingerprint density at radius 1 is 1.31 bits per heavy atom. The number of hydrogen-bond acceptors (Lipinski definition) is 5. The lowest BCUT2D eigenvalue weighted by atomic mass is 10.2. The molecule has 0 heterocycles. The molecule has 0 radical (unpaired) electrons. The minimum atomic E-state index is -0.788. The average Bonchev–Trinajstić information content (AvgIpc) is 2.24. The van der Waals surface area contributed by atoms with Crippen LogP contribution in [0.5, 0.6) is 0 Å². The molecular formula is C9H17N3O3S. The van der Waals surface area contributed by atoms with E-state index in [0.29, 0.717) is 6.29 Å². The Hall–Kier alpha value is -1.08. The first-order valence-electron chi connectivity index (χ1n) is 4.84. The van der Waals surface area contributed by atoms with Gasteiger partial charge in [0.2, 0.25) is 11.8 Å². The molecule has 16 heavy (non-hydrogen) atoms. The number of carbonyl (C=O) groups excluding carboxylic acids is 3. The lowest BCUT2D eigenvalue weighted by Crippen LogP contribution is -2.53. The summed E-state index contributed by atoms with van der Waals surface area (Å²) in [7, 11) is 0. The molecule has 3 atom stereocenters. The normalized spacial score (nSPS) is 15.8. The molecule has 4 N–H and O–H groups in total. The van der Waals surface area contributed by atoms with E-state index in [1.807, 2.05) is 0 Å². The number of nitrogens with two attached hydrogens (primary N) is 1. The lowest BCUT2D eigenvalue weighted by Gasteiger charge is -2.18. The van der Waals surface area contributed by atoms with Crippen LogP contribution in [-0.2, 0) is 14.4 Å². The standard InChI is InChI=1S/C9H17N3O3S/c1-5(3-13)11-9(15)7(4-16)12-8(14)6(2)10/h3,5-7,16H,4,10H2,1-2H3,(H,11,15)(H,12,14)/t5-,6-,7-/m0/s1. The fourth-order valence-electron chi connectivity index (χ4n) is 0.856. The van der Waals surface area contributed by atoms with Crippen molar-refractivity contribution in [1.82, 2.24) is 10.6 Å². The molecular weight excluding hydrogens is 230 g/mol. The molecule has 0 rings (SSSR count). The highest BCUT2D eigenvalue weighted by atomic mass is 32.1. The minimum Gasteiger partial charge on any atom is -0.345 e. The van der Waals surface area contributed by atoms with Crippen molar-refractivity contribution in [3.63, 3.8) is 0 Å². The zero-order valence-corrected chi connectivity index (χ0v) is 10.2. The van der Waals surface area contributed by atoms with E-state index in [1.165, 1.54) is 13.8 Å². The van der Waals surface area contributed by atoms with Crippen molar-refractivity contribution in [3.8, 4) is 0 Å². The van der Waals surface area contributed by atoms with Gasteiger partial charge in [-0.05, 0) is 13.8 Å². The van der Waals surface area contributed by atoms with Gasteiger partial charge in [0, 0.05) is 5.75 Å². The van der Waals surface area contributed by atoms with E-state index in [2.05, 4.69) is 23.3 Å². The van der Waals surface area contributed by atoms with Gasteiger partial charge >= 0.3 is 0 Å². The van der Waals surface area contributed by atoms with Crippen LogP contribution < -0.4 is 16.4 Å². The second-order valence-electron chi connectivity index (χ2n) is 3.47. The molecule has 0 saturated heterocycles. The summed E-state index contributed by atoms with van der Waals surface area (Å²) in [6.07, 6.45) is 0.598. The second kappa shape index (κ2) is 7.24. The SMILES string of the molecule is C[C@H](N)C(=O)N[C@@H](CS)C(=O)N[C@@H](C)C=O. The Labute approximate surface area is 99.7 Å². The van der Waals surface area contributed by atoms with E-state index < -0.39 is 29.9 Å². The molecule has 0 saturated carbocycles. The maximum absolute atomic E-state index is 11.5. The maximum atomic E-state index is 11.5. The smallest absolute Gasteiger partial charge is 0.243 e. The van der Waals surface area contributed by atoms with Crippen molar-refractivity contribution < 1.29 is 14.4 Å². The molecule has 0 aromatic rings. The van der Waals surface area contributed by atoms with Crippen LogP contribution in [0.4, 0.5) is 0 Å². The third kappa shape index (κ3) is 5.13. The fraction of sp³-hybridized carbons (Fsp3) is 0.667. The van der Waals surface area contributed by atoms with Gasteiger partial charge in [-0.2, -0.15) is 12.6 Å². The minimum absolute atomic E-state index is 0.135. The Balaban J connectivity index is 4.32. The molecule has 7 heteroatoms. The predicted molar refractivity (Wildman–Crippen MR) is 63.1 cm³/mol. The zero-order valence-electron chi connectivity index (χ0n) is 9.27. The van der Waals surface area contributed by atoms with Gasteiger partial charge in [0.25, 0.3) is 0 Å². The fourth-order valence-corrected chi connectivity index (χ4v) is 1.11. The highest BCUT2D eigenvalue weighted by molar-refractivity contribution is 7.80. The number of carbonyl (C=O) groups is 3. The van der Waals surface area contributed by atoms with Crippen molar-refractivity contribution in [2.24, 2.45) is 5.73 Å². The van der Waals surface area contributed by atoms with Crippen LogP contribution in [0, 0.1) is 0 Å². The molecule has 0 aromatic heterocycles. The monoisotopic (exact) mass is 247 g/mol. The van der Waals surface area contributed by atoms with E-state index >= 15 is 0 Å². The molecule has 0 bridgehead atoms. The third-order valence-electron chi connectivity index (χ3n) is 1.80. The van der Waals surface area contributed by atoms with Crippen LogP contribution in [-0.4, -0.2) is 42.0 Å². The molecule has 0 fully saturated rings. The molecule has 0 aliphatic rings. The topological polar surface area (TPSA) is 101 Å². The van der Waals surface area contributed by atoms with Gasteiger partial charge in [-0.1, -0.05) is 0 Å². The lowest BCUT2D eigenvalue weighted by molar-refractivity contribution is -0.129. The Kier molecular flexibility index (Phi) is 6.75. The van der Waals surface area contributed by atoms with Crippen molar-refractivity contribution in [1.29, 1.82) is 0 Å². The van der Waals surface area contributed by atoms with E-state index in [4.69, 9.17) is 5.73 Å². The molecule has 2 amide bonds. The summed E-state index contributed by atoms with van der Waals surface area (Å²) in [6.45, 7) is 3.05. The average molecular weight is 247 g/mol. The third-order valence-corrected chi connectivity index (χ3v) is 2.17. The molecule has 92 valence electrons. The number of hydrogen-bond donors (Lipinski definition) is 4. The van der Waals surface area contributed by atoms with Gasteiger partial charge in [0.05, 0.1) is 12.1 Å². The zero-order chi connectivity index (χ0) is 12.7. The summed E-state index contributed by atoms with van der Waals surface area (Å²) in [4.78, 5) is 33.1. The van der Waals surface area contributed by atoms with Crippen LogP contribution in [0.2, 0.25) is 0 Å². The predicted octanol–water partition coefficient (Wildman–Crippen LogP) is -1.55. The van der Waals surface area contributed by atoms with Crippen LogP contribution in [0.15, 0.2) is 0 Å². The van der Waals surface area contributed by atoms with Gasteiger partial charge in [-0.25, -0.2) is 0 Å². The number of nitrogens with one attached hydrogen (secondary N) is 2. The molecule has 6 nitrogen and oxygen atoms in total. The van der Waals surface area contributed by atoms with E-state index in [9.17, 15) is 14.4 Å². The van der Waals surface area contributed by atoms with Crippen LogP contribution >= 0.6 is 12.6 Å². The van der Waals surface area contributed by atoms with E-state index in [0.717, 1.165) is 0 Å². The first kappa shape index (κ1) is 14.9. The van der Waals surface area contributed by atoms with Crippen molar-refractivity contribution in [2.45, 2.75) is 32.0 Å². The first-order valence-corrected chi connectivity index (χ1v) is 5.48. The first-order chi connectivity index (χ1) is 7.42. The molecule has 0 aliphatic heterocycles. The van der Waals surface area contributed by atoms with Crippen LogP contribution in [0.25, 0.3) is 0 Å². The quantitative estimate of drug-likeness (QED) is 0.337. The highest BCUT2D eigenvalue weighted by Gasteiger charge is 2.21. The van der Waals surface area contributed by atoms with Crippen molar-refractivity contribution in [2.75, 3.05) is 5.75 Å². The van der Waals surface area contributed by atoms with Gasteiger partial charge in [-0.15, -0.1) is 0 Å². The second-order valence-corrected chi connectivity index (χ2v) is 3.83. The van der Waals surface area contributed by atoms with Gasteiger partial charge in [-0.3, -0.25) is 9.59 Å². The Morgan fingerprint density at radius 3 is 2.25 bits per heavy atom. The van der Waals surface area contributed by atoms with Gasteiger partial charge in [0.1, 0.15) is 12.3 Å². The van der Waals surface area contributed by atoms with E-state index in [-0.39, 0.29) is 5.75 Å². The molecule has 0 aromatic carbocycles. The number of rotatable bonds is 6. The highest BCUT2D eigenvalue weighted by Crippen LogP contribution is 1.91. The number of amides is 2. The maximum Gasteiger partial charge on any atom is 0.243 e. The summed E-state index contributed by atoms with van der Waals surface area (Å²) in [5, 5.41) is 4.84. The van der Waals surface area contributed by atoms with Crippen molar-refractivity contribution in [3.05, 3.63) is 0 Å². The summed E-state index contributed by atoms with van der Waals surface area (Å²) in [5.41, 5.74) is 5.34. The van der Waals surface area contributed by atoms with E-state index in [1.54, 1.807) is 0 Å². The summed E-state index contributed by atoms with van der Waals surface area (Å²) in [5.74, 6) is -0.757. The van der Waals surface area contributed by atoms with Crippen LogP contribution in [0.1, 0.15) is 13.8 Å². The molecule has 0 spiro atoms. The Bertz CT molecular complexity index is 271. The van der Waals surface area contributed by atoms with Gasteiger partial charge < -0.3 is 21.2 Å². The molecule has 0 unspecified atom stereocenters. The van der Waals surface area contributed by atoms with Crippen molar-refractivity contribution >= 4 is 30.7 Å². The summed E-state index contributed by atoms with van der Waals surface area (Å²) >= 11 is 3.94. The largest absolute Gasteiger partial charge is 0.345 e. The number of aldehydes is 1.